The number of nitrogens with zero attached hydrogens (tertiary/aromatic N) is 1. The van der Waals surface area contributed by atoms with E-state index in [0.717, 1.165) is 0 Å². The van der Waals surface area contributed by atoms with E-state index in [2.05, 4.69) is 5.32 Å². The first kappa shape index (κ1) is 19.4. The van der Waals surface area contributed by atoms with Crippen LogP contribution in [0.25, 0.3) is 10.8 Å². The zero-order chi connectivity index (χ0) is 19.8. The molecule has 5 nitrogen and oxygen atoms in total. The van der Waals surface area contributed by atoms with Gasteiger partial charge in [0, 0.05) is 27.7 Å². The monoisotopic (exact) mass is 404 g/mol. The highest BCUT2D eigenvalue weighted by atomic mass is 35.5. The number of aromatic nitrogens is 1. The van der Waals surface area contributed by atoms with Crippen molar-refractivity contribution in [1.29, 1.82) is 0 Å². The van der Waals surface area contributed by atoms with Crippen LogP contribution >= 0.6 is 23.2 Å². The number of hydrogen-bond donors (Lipinski definition) is 2. The van der Waals surface area contributed by atoms with Gasteiger partial charge in [0.05, 0.1) is 22.7 Å². The average molecular weight is 405 g/mol. The van der Waals surface area contributed by atoms with Crippen LogP contribution in [0, 0.1) is 0 Å². The van der Waals surface area contributed by atoms with Gasteiger partial charge in [-0.1, -0.05) is 29.3 Å². The Kier molecular flexibility index (Phi) is 5.29. The molecule has 0 bridgehead atoms. The maximum atomic E-state index is 12.7. The van der Waals surface area contributed by atoms with Crippen molar-refractivity contribution in [1.82, 2.24) is 4.57 Å². The van der Waals surface area contributed by atoms with Gasteiger partial charge in [0.1, 0.15) is 0 Å². The van der Waals surface area contributed by atoms with Crippen molar-refractivity contribution in [2.45, 2.75) is 26.0 Å². The van der Waals surface area contributed by atoms with E-state index in [0.29, 0.717) is 21.5 Å². The van der Waals surface area contributed by atoms with Crippen LogP contribution in [-0.4, -0.2) is 21.2 Å². The summed E-state index contributed by atoms with van der Waals surface area (Å²) >= 11 is 12.0. The van der Waals surface area contributed by atoms with E-state index in [-0.39, 0.29) is 22.7 Å². The molecule has 0 unspecified atom stereocenters. The summed E-state index contributed by atoms with van der Waals surface area (Å²) in [5.41, 5.74) is -0.531. The van der Waals surface area contributed by atoms with Crippen LogP contribution < -0.4 is 10.9 Å². The number of halogens is 2. The van der Waals surface area contributed by atoms with Crippen LogP contribution in [0.4, 0.5) is 5.69 Å². The Balaban J connectivity index is 2.01. The van der Waals surface area contributed by atoms with E-state index in [9.17, 15) is 14.7 Å². The Bertz CT molecular complexity index is 1080. The second-order valence-electron chi connectivity index (χ2n) is 6.91. The SMILES string of the molecule is CC(C)(O)Cn1ccc2c(NC(=O)c3cc(Cl)ccc3Cl)cccc2c1=O. The lowest BCUT2D eigenvalue weighted by atomic mass is 10.1. The quantitative estimate of drug-likeness (QED) is 0.679. The van der Waals surface area contributed by atoms with Crippen LogP contribution in [0.15, 0.2) is 53.5 Å². The molecule has 0 atom stereocenters. The van der Waals surface area contributed by atoms with Gasteiger partial charge in [0.25, 0.3) is 11.5 Å². The van der Waals surface area contributed by atoms with Crippen LogP contribution in [-0.2, 0) is 6.54 Å². The summed E-state index contributed by atoms with van der Waals surface area (Å²) < 4.78 is 1.45. The molecule has 0 spiro atoms. The smallest absolute Gasteiger partial charge is 0.258 e. The first-order valence-corrected chi connectivity index (χ1v) is 9.02. The van der Waals surface area contributed by atoms with Crippen molar-refractivity contribution < 1.29 is 9.90 Å². The van der Waals surface area contributed by atoms with E-state index >= 15 is 0 Å². The largest absolute Gasteiger partial charge is 0.389 e. The van der Waals surface area contributed by atoms with Crippen LogP contribution in [0.2, 0.25) is 10.0 Å². The van der Waals surface area contributed by atoms with Gasteiger partial charge in [0.15, 0.2) is 0 Å². The number of nitrogens with one attached hydrogen (secondary N) is 1. The minimum absolute atomic E-state index is 0.163. The second-order valence-corrected chi connectivity index (χ2v) is 7.75. The molecule has 1 aromatic heterocycles. The summed E-state index contributed by atoms with van der Waals surface area (Å²) in [7, 11) is 0. The number of anilines is 1. The standard InChI is InChI=1S/C20H18Cl2N2O3/c1-20(2,27)11-24-9-8-13-14(19(24)26)4-3-5-17(13)23-18(25)15-10-12(21)6-7-16(15)22/h3-10,27H,11H2,1-2H3,(H,23,25). The molecule has 27 heavy (non-hydrogen) atoms. The van der Waals surface area contributed by atoms with Crippen molar-refractivity contribution in [3.05, 3.63) is 74.6 Å². The van der Waals surface area contributed by atoms with Crippen molar-refractivity contribution in [3.8, 4) is 0 Å². The highest BCUT2D eigenvalue weighted by Gasteiger charge is 2.17. The van der Waals surface area contributed by atoms with Crippen LogP contribution in [0.3, 0.4) is 0 Å². The molecule has 0 radical (unpaired) electrons. The van der Waals surface area contributed by atoms with Crippen molar-refractivity contribution >= 4 is 45.6 Å². The molecule has 0 aliphatic carbocycles. The lowest BCUT2D eigenvalue weighted by molar-refractivity contribution is 0.0606. The third-order valence-electron chi connectivity index (χ3n) is 4.00. The molecule has 0 saturated carbocycles. The van der Waals surface area contributed by atoms with E-state index in [1.54, 1.807) is 56.4 Å². The summed E-state index contributed by atoms with van der Waals surface area (Å²) in [5, 5.41) is 14.5. The first-order valence-electron chi connectivity index (χ1n) is 8.27. The zero-order valence-electron chi connectivity index (χ0n) is 14.8. The molecule has 1 heterocycles. The lowest BCUT2D eigenvalue weighted by Crippen LogP contribution is -2.32. The summed E-state index contributed by atoms with van der Waals surface area (Å²) in [4.78, 5) is 25.3. The van der Waals surface area contributed by atoms with E-state index in [1.165, 1.54) is 10.6 Å². The Morgan fingerprint density at radius 3 is 2.59 bits per heavy atom. The number of carbonyl (C=O) groups excluding carboxylic acids is 1. The highest BCUT2D eigenvalue weighted by molar-refractivity contribution is 6.36. The summed E-state index contributed by atoms with van der Waals surface area (Å²) in [6, 6.07) is 11.4. The second kappa shape index (κ2) is 7.35. The molecule has 3 aromatic rings. The number of hydrogen-bond acceptors (Lipinski definition) is 3. The number of rotatable bonds is 4. The van der Waals surface area contributed by atoms with Gasteiger partial charge in [0.2, 0.25) is 0 Å². The molecule has 2 N–H and O–H groups in total. The molecule has 140 valence electrons. The number of amides is 1. The third-order valence-corrected chi connectivity index (χ3v) is 4.56. The molecular weight excluding hydrogens is 387 g/mol. The minimum atomic E-state index is -1.02. The Labute approximate surface area is 166 Å². The number of fused-ring (bicyclic) bond motifs is 1. The fraction of sp³-hybridized carbons (Fsp3) is 0.200. The van der Waals surface area contributed by atoms with Gasteiger partial charge >= 0.3 is 0 Å². The number of benzene rings is 2. The normalized spacial score (nSPS) is 11.6. The van der Waals surface area contributed by atoms with Crippen molar-refractivity contribution in [2.75, 3.05) is 5.32 Å². The molecular formula is C20H18Cl2N2O3. The van der Waals surface area contributed by atoms with Gasteiger partial charge in [-0.2, -0.15) is 0 Å². The van der Waals surface area contributed by atoms with Crippen molar-refractivity contribution in [3.63, 3.8) is 0 Å². The zero-order valence-corrected chi connectivity index (χ0v) is 16.3. The van der Waals surface area contributed by atoms with Crippen molar-refractivity contribution in [2.24, 2.45) is 0 Å². The predicted molar refractivity (Wildman–Crippen MR) is 109 cm³/mol. The maximum absolute atomic E-state index is 12.7. The molecule has 0 saturated heterocycles. The Morgan fingerprint density at radius 2 is 1.89 bits per heavy atom. The van der Waals surface area contributed by atoms with Gasteiger partial charge < -0.3 is 15.0 Å². The summed E-state index contributed by atoms with van der Waals surface area (Å²) in [5.74, 6) is -0.421. The van der Waals surface area contributed by atoms with E-state index in [1.807, 2.05) is 0 Å². The highest BCUT2D eigenvalue weighted by Crippen LogP contribution is 2.25. The van der Waals surface area contributed by atoms with E-state index in [4.69, 9.17) is 23.2 Å². The summed E-state index contributed by atoms with van der Waals surface area (Å²) in [6.07, 6.45) is 1.60. The topological polar surface area (TPSA) is 71.3 Å². The van der Waals surface area contributed by atoms with Crippen LogP contribution in [0.1, 0.15) is 24.2 Å². The number of carbonyl (C=O) groups is 1. The third kappa shape index (κ3) is 4.33. The van der Waals surface area contributed by atoms with Crippen LogP contribution in [0.5, 0.6) is 0 Å². The van der Waals surface area contributed by atoms with Gasteiger partial charge in [-0.05, 0) is 50.2 Å². The predicted octanol–water partition coefficient (Wildman–Crippen LogP) is 4.33. The molecule has 1 amide bonds. The number of pyridine rings is 1. The molecule has 2 aromatic carbocycles. The van der Waals surface area contributed by atoms with E-state index < -0.39 is 11.5 Å². The Morgan fingerprint density at radius 1 is 1.15 bits per heavy atom. The molecule has 0 aliphatic rings. The first-order chi connectivity index (χ1) is 12.7. The lowest BCUT2D eigenvalue weighted by Gasteiger charge is -2.19. The minimum Gasteiger partial charge on any atom is -0.389 e. The van der Waals surface area contributed by atoms with Gasteiger partial charge in [-0.3, -0.25) is 9.59 Å². The van der Waals surface area contributed by atoms with Gasteiger partial charge in [-0.25, -0.2) is 0 Å². The fourth-order valence-electron chi connectivity index (χ4n) is 2.83. The Hall–Kier alpha value is -2.34. The number of aliphatic hydroxyl groups is 1. The summed E-state index contributed by atoms with van der Waals surface area (Å²) in [6.45, 7) is 3.43. The average Bonchev–Trinajstić information content (AvgIpc) is 2.59. The molecule has 3 rings (SSSR count). The fourth-order valence-corrected chi connectivity index (χ4v) is 3.21. The molecule has 0 aliphatic heterocycles. The molecule has 0 fully saturated rings. The molecule has 7 heteroatoms. The maximum Gasteiger partial charge on any atom is 0.258 e. The van der Waals surface area contributed by atoms with Gasteiger partial charge in [-0.15, -0.1) is 0 Å².